The van der Waals surface area contributed by atoms with Crippen LogP contribution in [-0.2, 0) is 4.74 Å². The Morgan fingerprint density at radius 1 is 1.12 bits per heavy atom. The second-order valence-electron chi connectivity index (χ2n) is 6.50. The van der Waals surface area contributed by atoms with E-state index in [1.807, 2.05) is 0 Å². The molecule has 2 aliphatic heterocycles. The normalized spacial score (nSPS) is 30.6. The number of nitrogens with one attached hydrogen (secondary N) is 2. The van der Waals surface area contributed by atoms with Crippen LogP contribution in [0.5, 0.6) is 0 Å². The smallest absolute Gasteiger partial charge is 0.407 e. The van der Waals surface area contributed by atoms with Crippen LogP contribution in [0.1, 0.15) is 47.0 Å². The molecule has 0 aromatic heterocycles. The van der Waals surface area contributed by atoms with Crippen LogP contribution in [0.15, 0.2) is 0 Å². The lowest BCUT2D eigenvalue weighted by Gasteiger charge is -2.53. The van der Waals surface area contributed by atoms with Gasteiger partial charge in [-0.15, -0.1) is 0 Å². The number of rotatable bonds is 0. The minimum absolute atomic E-state index is 0.0133. The van der Waals surface area contributed by atoms with Crippen molar-refractivity contribution in [1.82, 2.24) is 10.6 Å². The van der Waals surface area contributed by atoms with Crippen molar-refractivity contribution in [3.63, 3.8) is 0 Å². The van der Waals surface area contributed by atoms with E-state index < -0.39 is 0 Å². The fourth-order valence-corrected chi connectivity index (χ4v) is 3.60. The van der Waals surface area contributed by atoms with E-state index in [0.717, 1.165) is 25.8 Å². The highest BCUT2D eigenvalue weighted by Gasteiger charge is 2.50. The maximum absolute atomic E-state index is 11.4. The molecule has 0 atom stereocenters. The minimum Gasteiger partial charge on any atom is -0.443 e. The summed E-state index contributed by atoms with van der Waals surface area (Å²) in [5.74, 6) is 0. The van der Waals surface area contributed by atoms with Crippen molar-refractivity contribution in [3.8, 4) is 0 Å². The van der Waals surface area contributed by atoms with Crippen molar-refractivity contribution in [3.05, 3.63) is 0 Å². The monoisotopic (exact) mass is 226 g/mol. The molecule has 4 heteroatoms. The standard InChI is InChI=1S/C12H22N2O2/c1-10(2)7-12(8-11(3,4)14-10)5-6-13-9(15)16-12/h14H,5-8H2,1-4H3,(H,13,15). The first-order valence-electron chi connectivity index (χ1n) is 5.98. The number of hydrogen-bond donors (Lipinski definition) is 2. The minimum atomic E-state index is -0.277. The molecular formula is C12H22N2O2. The molecule has 2 aliphatic rings. The van der Waals surface area contributed by atoms with E-state index in [0.29, 0.717) is 0 Å². The molecule has 0 bridgehead atoms. The van der Waals surface area contributed by atoms with Gasteiger partial charge in [0.1, 0.15) is 5.60 Å². The van der Waals surface area contributed by atoms with Crippen molar-refractivity contribution in [2.45, 2.75) is 63.6 Å². The van der Waals surface area contributed by atoms with Crippen molar-refractivity contribution in [1.29, 1.82) is 0 Å². The second-order valence-corrected chi connectivity index (χ2v) is 6.50. The molecule has 0 aromatic carbocycles. The molecule has 4 nitrogen and oxygen atoms in total. The average molecular weight is 226 g/mol. The summed E-state index contributed by atoms with van der Waals surface area (Å²) in [4.78, 5) is 11.4. The highest BCUT2D eigenvalue weighted by molar-refractivity contribution is 5.68. The molecule has 2 heterocycles. The Morgan fingerprint density at radius 2 is 1.69 bits per heavy atom. The molecular weight excluding hydrogens is 204 g/mol. The van der Waals surface area contributed by atoms with Crippen LogP contribution in [0.2, 0.25) is 0 Å². The Labute approximate surface area is 97.1 Å². The van der Waals surface area contributed by atoms with Crippen LogP contribution in [0.25, 0.3) is 0 Å². The number of carbonyl (C=O) groups excluding carboxylic acids is 1. The van der Waals surface area contributed by atoms with Gasteiger partial charge in [-0.25, -0.2) is 4.79 Å². The van der Waals surface area contributed by atoms with Crippen molar-refractivity contribution < 1.29 is 9.53 Å². The predicted octanol–water partition coefficient (Wildman–Crippen LogP) is 1.80. The van der Waals surface area contributed by atoms with E-state index in [4.69, 9.17) is 4.74 Å². The average Bonchev–Trinajstić information content (AvgIpc) is 1.94. The van der Waals surface area contributed by atoms with E-state index in [1.54, 1.807) is 0 Å². The van der Waals surface area contributed by atoms with E-state index in [9.17, 15) is 4.79 Å². The molecule has 0 saturated carbocycles. The SMILES string of the molecule is CC1(C)CC2(CCNC(=O)O2)CC(C)(C)N1. The zero-order valence-electron chi connectivity index (χ0n) is 10.6. The topological polar surface area (TPSA) is 50.4 Å². The van der Waals surface area contributed by atoms with Gasteiger partial charge in [0, 0.05) is 36.9 Å². The first-order valence-corrected chi connectivity index (χ1v) is 5.98. The Balaban J connectivity index is 2.23. The fourth-order valence-electron chi connectivity index (χ4n) is 3.60. The highest BCUT2D eigenvalue weighted by atomic mass is 16.6. The van der Waals surface area contributed by atoms with E-state index in [1.165, 1.54) is 0 Å². The number of ether oxygens (including phenoxy) is 1. The molecule has 92 valence electrons. The molecule has 2 rings (SSSR count). The molecule has 2 N–H and O–H groups in total. The number of hydrogen-bond acceptors (Lipinski definition) is 3. The first-order chi connectivity index (χ1) is 7.22. The Morgan fingerprint density at radius 3 is 2.19 bits per heavy atom. The molecule has 1 amide bonds. The third-order valence-corrected chi connectivity index (χ3v) is 3.36. The quantitative estimate of drug-likeness (QED) is 0.662. The Hall–Kier alpha value is -0.770. The Kier molecular flexibility index (Phi) is 2.46. The van der Waals surface area contributed by atoms with E-state index in [-0.39, 0.29) is 22.8 Å². The molecule has 2 fully saturated rings. The summed E-state index contributed by atoms with van der Waals surface area (Å²) in [6, 6.07) is 0. The summed E-state index contributed by atoms with van der Waals surface area (Å²) < 4.78 is 5.60. The molecule has 0 aliphatic carbocycles. The molecule has 2 saturated heterocycles. The van der Waals surface area contributed by atoms with Gasteiger partial charge >= 0.3 is 6.09 Å². The summed E-state index contributed by atoms with van der Waals surface area (Å²) in [6.45, 7) is 9.42. The van der Waals surface area contributed by atoms with Gasteiger partial charge in [0.2, 0.25) is 0 Å². The predicted molar refractivity (Wildman–Crippen MR) is 62.4 cm³/mol. The highest BCUT2D eigenvalue weighted by Crippen LogP contribution is 2.41. The van der Waals surface area contributed by atoms with Crippen molar-refractivity contribution in [2.24, 2.45) is 0 Å². The van der Waals surface area contributed by atoms with E-state index >= 15 is 0 Å². The molecule has 16 heavy (non-hydrogen) atoms. The maximum atomic E-state index is 11.4. The second kappa shape index (κ2) is 3.36. The van der Waals surface area contributed by atoms with Gasteiger partial charge in [-0.3, -0.25) is 0 Å². The number of carbonyl (C=O) groups is 1. The zero-order chi connectivity index (χ0) is 12.0. The van der Waals surface area contributed by atoms with Crippen molar-refractivity contribution >= 4 is 6.09 Å². The van der Waals surface area contributed by atoms with Crippen LogP contribution in [0, 0.1) is 0 Å². The van der Waals surface area contributed by atoms with Gasteiger partial charge in [0.25, 0.3) is 0 Å². The van der Waals surface area contributed by atoms with Gasteiger partial charge in [0.15, 0.2) is 0 Å². The summed E-state index contributed by atoms with van der Waals surface area (Å²) in [5, 5.41) is 6.33. The van der Waals surface area contributed by atoms with Gasteiger partial charge in [-0.1, -0.05) is 0 Å². The molecule has 0 radical (unpaired) electrons. The van der Waals surface area contributed by atoms with Crippen LogP contribution >= 0.6 is 0 Å². The van der Waals surface area contributed by atoms with Crippen LogP contribution in [0.4, 0.5) is 4.79 Å². The maximum Gasteiger partial charge on any atom is 0.407 e. The van der Waals surface area contributed by atoms with Crippen LogP contribution in [-0.4, -0.2) is 29.3 Å². The Bertz CT molecular complexity index is 294. The summed E-state index contributed by atoms with van der Waals surface area (Å²) >= 11 is 0. The van der Waals surface area contributed by atoms with Gasteiger partial charge < -0.3 is 15.4 Å². The fraction of sp³-hybridized carbons (Fsp3) is 0.917. The molecule has 1 spiro atoms. The summed E-state index contributed by atoms with van der Waals surface area (Å²) in [5.41, 5.74) is -0.251. The first kappa shape index (κ1) is 11.7. The lowest BCUT2D eigenvalue weighted by Crippen LogP contribution is -2.66. The zero-order valence-corrected chi connectivity index (χ0v) is 10.6. The van der Waals surface area contributed by atoms with Crippen LogP contribution < -0.4 is 10.6 Å². The molecule has 0 unspecified atom stereocenters. The van der Waals surface area contributed by atoms with E-state index in [2.05, 4.69) is 38.3 Å². The lowest BCUT2D eigenvalue weighted by molar-refractivity contribution is -0.0814. The van der Waals surface area contributed by atoms with Crippen LogP contribution in [0.3, 0.4) is 0 Å². The number of amides is 1. The number of piperidine rings is 1. The molecule has 0 aromatic rings. The van der Waals surface area contributed by atoms with Gasteiger partial charge in [0.05, 0.1) is 0 Å². The summed E-state index contributed by atoms with van der Waals surface area (Å²) in [7, 11) is 0. The third-order valence-electron chi connectivity index (χ3n) is 3.36. The van der Waals surface area contributed by atoms with Gasteiger partial charge in [-0.2, -0.15) is 0 Å². The largest absolute Gasteiger partial charge is 0.443 e. The van der Waals surface area contributed by atoms with Crippen molar-refractivity contribution in [2.75, 3.05) is 6.54 Å². The third kappa shape index (κ3) is 2.32. The number of alkyl carbamates (subject to hydrolysis) is 1. The lowest BCUT2D eigenvalue weighted by atomic mass is 9.71. The summed E-state index contributed by atoms with van der Waals surface area (Å²) in [6.07, 6.45) is 2.42. The van der Waals surface area contributed by atoms with Gasteiger partial charge in [-0.05, 0) is 27.7 Å².